The van der Waals surface area contributed by atoms with Crippen molar-refractivity contribution in [2.45, 2.75) is 44.3 Å². The lowest BCUT2D eigenvalue weighted by atomic mass is 9.88. The number of aromatic nitrogens is 1. The third kappa shape index (κ3) is 3.95. The largest absolute Gasteiger partial charge is 0.370 e. The summed E-state index contributed by atoms with van der Waals surface area (Å²) in [5, 5.41) is 4.95. The van der Waals surface area contributed by atoms with E-state index in [0.29, 0.717) is 25.2 Å². The van der Waals surface area contributed by atoms with Crippen LogP contribution in [0.5, 0.6) is 0 Å². The Bertz CT molecular complexity index is 844. The van der Waals surface area contributed by atoms with Crippen molar-refractivity contribution in [1.82, 2.24) is 15.2 Å². The maximum atomic E-state index is 12.6. The molecule has 0 aliphatic carbocycles. The third-order valence-electron chi connectivity index (χ3n) is 5.79. The molecule has 0 bridgehead atoms. The Morgan fingerprint density at radius 3 is 2.68 bits per heavy atom. The topological polar surface area (TPSA) is 71.5 Å². The number of piperidine rings is 1. The lowest BCUT2D eigenvalue weighted by molar-refractivity contribution is -0.0712. The zero-order chi connectivity index (χ0) is 19.6. The predicted molar refractivity (Wildman–Crippen MR) is 108 cm³/mol. The Hall–Kier alpha value is -2.25. The standard InChI is InChI=1S/C21H25N3O3S/c1-15-5-13-28-18(15)19(25)23-14-17-2-6-21(27-17)7-11-24(12-8-21)20(26)16-3-9-22-10-4-16/h3-5,9-10,13,17H,2,6-8,11-12,14H2,1H3,(H,23,25). The number of carbonyl (C=O) groups is 2. The predicted octanol–water partition coefficient (Wildman–Crippen LogP) is 3.04. The first-order valence-electron chi connectivity index (χ1n) is 9.76. The van der Waals surface area contributed by atoms with E-state index in [-0.39, 0.29) is 23.5 Å². The molecule has 2 aliphatic rings. The van der Waals surface area contributed by atoms with Gasteiger partial charge in [-0.3, -0.25) is 14.6 Å². The summed E-state index contributed by atoms with van der Waals surface area (Å²) in [6.07, 6.45) is 6.97. The van der Waals surface area contributed by atoms with E-state index in [1.54, 1.807) is 24.5 Å². The molecule has 1 atom stereocenters. The fourth-order valence-corrected chi connectivity index (χ4v) is 4.93. The molecule has 4 heterocycles. The second-order valence-electron chi connectivity index (χ2n) is 7.63. The Kier molecular flexibility index (Phi) is 5.46. The molecule has 2 amide bonds. The van der Waals surface area contributed by atoms with Crippen LogP contribution in [0.25, 0.3) is 0 Å². The summed E-state index contributed by atoms with van der Waals surface area (Å²) in [5.41, 5.74) is 1.55. The number of rotatable bonds is 4. The zero-order valence-electron chi connectivity index (χ0n) is 16.0. The van der Waals surface area contributed by atoms with E-state index in [1.807, 2.05) is 23.3 Å². The highest BCUT2D eigenvalue weighted by atomic mass is 32.1. The highest BCUT2D eigenvalue weighted by Gasteiger charge is 2.43. The van der Waals surface area contributed by atoms with E-state index in [2.05, 4.69) is 10.3 Å². The maximum absolute atomic E-state index is 12.6. The second-order valence-corrected chi connectivity index (χ2v) is 8.55. The van der Waals surface area contributed by atoms with Crippen LogP contribution < -0.4 is 5.32 Å². The van der Waals surface area contributed by atoms with Crippen LogP contribution in [-0.2, 0) is 4.74 Å². The number of nitrogens with one attached hydrogen (secondary N) is 1. The number of hydrogen-bond donors (Lipinski definition) is 1. The quantitative estimate of drug-likeness (QED) is 0.858. The van der Waals surface area contributed by atoms with E-state index < -0.39 is 0 Å². The third-order valence-corrected chi connectivity index (χ3v) is 6.80. The first-order chi connectivity index (χ1) is 13.6. The molecule has 0 saturated carbocycles. The van der Waals surface area contributed by atoms with Crippen molar-refractivity contribution < 1.29 is 14.3 Å². The summed E-state index contributed by atoms with van der Waals surface area (Å²) in [7, 11) is 0. The monoisotopic (exact) mass is 399 g/mol. The van der Waals surface area contributed by atoms with E-state index in [4.69, 9.17) is 4.74 Å². The summed E-state index contributed by atoms with van der Waals surface area (Å²) in [6.45, 7) is 3.90. The fourth-order valence-electron chi connectivity index (χ4n) is 4.09. The lowest BCUT2D eigenvalue weighted by Crippen LogP contribution is -2.47. The van der Waals surface area contributed by atoms with Crippen molar-refractivity contribution in [3.63, 3.8) is 0 Å². The normalized spacial score (nSPS) is 21.0. The van der Waals surface area contributed by atoms with Crippen LogP contribution in [-0.4, -0.2) is 53.0 Å². The number of carbonyl (C=O) groups excluding carboxylic acids is 2. The maximum Gasteiger partial charge on any atom is 0.261 e. The molecule has 28 heavy (non-hydrogen) atoms. The van der Waals surface area contributed by atoms with Gasteiger partial charge in [-0.25, -0.2) is 0 Å². The van der Waals surface area contributed by atoms with Gasteiger partial charge in [0.25, 0.3) is 11.8 Å². The van der Waals surface area contributed by atoms with Crippen LogP contribution in [0.3, 0.4) is 0 Å². The molecule has 2 aromatic heterocycles. The van der Waals surface area contributed by atoms with Crippen LogP contribution in [0.2, 0.25) is 0 Å². The molecule has 2 fully saturated rings. The smallest absolute Gasteiger partial charge is 0.261 e. The molecular weight excluding hydrogens is 374 g/mol. The minimum absolute atomic E-state index is 0.0187. The van der Waals surface area contributed by atoms with Crippen LogP contribution in [0.4, 0.5) is 0 Å². The average Bonchev–Trinajstić information content (AvgIpc) is 3.33. The van der Waals surface area contributed by atoms with Gasteiger partial charge in [-0.05, 0) is 61.7 Å². The number of hydrogen-bond acceptors (Lipinski definition) is 5. The first-order valence-corrected chi connectivity index (χ1v) is 10.6. The van der Waals surface area contributed by atoms with Gasteiger partial charge in [0.05, 0.1) is 16.6 Å². The molecule has 7 heteroatoms. The lowest BCUT2D eigenvalue weighted by Gasteiger charge is -2.39. The van der Waals surface area contributed by atoms with Gasteiger partial charge in [-0.1, -0.05) is 0 Å². The SMILES string of the molecule is Cc1ccsc1C(=O)NCC1CCC2(CCN(C(=O)c3ccncc3)CC2)O1. The number of likely N-dealkylation sites (tertiary alicyclic amines) is 1. The van der Waals surface area contributed by atoms with Crippen LogP contribution in [0.1, 0.15) is 51.3 Å². The van der Waals surface area contributed by atoms with Gasteiger partial charge in [0.15, 0.2) is 0 Å². The number of pyridine rings is 1. The first kappa shape index (κ1) is 19.1. The van der Waals surface area contributed by atoms with Gasteiger partial charge in [0.1, 0.15) is 0 Å². The van der Waals surface area contributed by atoms with Crippen molar-refractivity contribution in [2.24, 2.45) is 0 Å². The number of ether oxygens (including phenoxy) is 1. The number of thiophene rings is 1. The highest BCUT2D eigenvalue weighted by Crippen LogP contribution is 2.39. The van der Waals surface area contributed by atoms with Gasteiger partial charge < -0.3 is 15.0 Å². The molecule has 2 saturated heterocycles. The molecule has 2 aliphatic heterocycles. The molecule has 0 aromatic carbocycles. The van der Waals surface area contributed by atoms with E-state index in [9.17, 15) is 9.59 Å². The van der Waals surface area contributed by atoms with E-state index >= 15 is 0 Å². The fraction of sp³-hybridized carbons (Fsp3) is 0.476. The molecule has 4 rings (SSSR count). The minimum Gasteiger partial charge on any atom is -0.370 e. The molecule has 148 valence electrons. The van der Waals surface area contributed by atoms with Crippen molar-refractivity contribution in [3.8, 4) is 0 Å². The molecular formula is C21H25N3O3S. The molecule has 0 radical (unpaired) electrons. The van der Waals surface area contributed by atoms with Gasteiger partial charge in [-0.15, -0.1) is 11.3 Å². The Labute approximate surface area is 168 Å². The summed E-state index contributed by atoms with van der Waals surface area (Å²) in [5.74, 6) is 0.0418. The Morgan fingerprint density at radius 1 is 1.25 bits per heavy atom. The molecule has 2 aromatic rings. The van der Waals surface area contributed by atoms with Gasteiger partial charge in [0.2, 0.25) is 0 Å². The number of aryl methyl sites for hydroxylation is 1. The van der Waals surface area contributed by atoms with Gasteiger partial charge >= 0.3 is 0 Å². The van der Waals surface area contributed by atoms with Crippen molar-refractivity contribution in [3.05, 3.63) is 52.0 Å². The number of nitrogens with zero attached hydrogens (tertiary/aromatic N) is 2. The van der Waals surface area contributed by atoms with Crippen LogP contribution in [0, 0.1) is 6.92 Å². The number of amides is 2. The molecule has 1 N–H and O–H groups in total. The minimum atomic E-state index is -0.150. The Morgan fingerprint density at radius 2 is 2.00 bits per heavy atom. The average molecular weight is 400 g/mol. The van der Waals surface area contributed by atoms with Crippen LogP contribution >= 0.6 is 11.3 Å². The van der Waals surface area contributed by atoms with Crippen molar-refractivity contribution in [2.75, 3.05) is 19.6 Å². The molecule has 6 nitrogen and oxygen atoms in total. The summed E-state index contributed by atoms with van der Waals surface area (Å²) < 4.78 is 6.36. The molecule has 1 unspecified atom stereocenters. The van der Waals surface area contributed by atoms with Crippen molar-refractivity contribution in [1.29, 1.82) is 0 Å². The van der Waals surface area contributed by atoms with Gasteiger partial charge in [-0.2, -0.15) is 0 Å². The summed E-state index contributed by atoms with van der Waals surface area (Å²) >= 11 is 1.47. The summed E-state index contributed by atoms with van der Waals surface area (Å²) in [6, 6.07) is 5.47. The zero-order valence-corrected chi connectivity index (χ0v) is 16.8. The Balaban J connectivity index is 1.27. The van der Waals surface area contributed by atoms with Crippen LogP contribution in [0.15, 0.2) is 36.0 Å². The van der Waals surface area contributed by atoms with E-state index in [1.165, 1.54) is 11.3 Å². The van der Waals surface area contributed by atoms with Gasteiger partial charge in [0, 0.05) is 37.6 Å². The highest BCUT2D eigenvalue weighted by molar-refractivity contribution is 7.12. The van der Waals surface area contributed by atoms with Crippen molar-refractivity contribution >= 4 is 23.2 Å². The summed E-state index contributed by atoms with van der Waals surface area (Å²) in [4.78, 5) is 31.5. The van der Waals surface area contributed by atoms with E-state index in [0.717, 1.165) is 36.1 Å². The second kappa shape index (κ2) is 8.01. The molecule has 1 spiro atoms.